The van der Waals surface area contributed by atoms with Gasteiger partial charge in [0.25, 0.3) is 0 Å². The van der Waals surface area contributed by atoms with Crippen LogP contribution in [-0.2, 0) is 17.6 Å². The Kier molecular flexibility index (Phi) is 5.32. The first kappa shape index (κ1) is 15.0. The van der Waals surface area contributed by atoms with Crippen molar-refractivity contribution in [2.75, 3.05) is 13.7 Å². The highest BCUT2D eigenvalue weighted by molar-refractivity contribution is 5.78. The number of halogens is 1. The number of amides is 1. The summed E-state index contributed by atoms with van der Waals surface area (Å²) in [5, 5.41) is 2.80. The van der Waals surface area contributed by atoms with Crippen molar-refractivity contribution in [3.8, 4) is 5.75 Å². The Balaban J connectivity index is 1.83. The fourth-order valence-corrected chi connectivity index (χ4v) is 2.12. The monoisotopic (exact) mass is 287 g/mol. The van der Waals surface area contributed by atoms with Crippen molar-refractivity contribution < 1.29 is 13.9 Å². The van der Waals surface area contributed by atoms with Gasteiger partial charge in [-0.3, -0.25) is 4.79 Å². The molecule has 0 bridgehead atoms. The summed E-state index contributed by atoms with van der Waals surface area (Å²) in [6.07, 6.45) is 0.728. The van der Waals surface area contributed by atoms with Gasteiger partial charge in [0.05, 0.1) is 13.5 Å². The standard InChI is InChI=1S/C17H18FNO2/c1-21-16-9-5-3-6-13(16)10-11-19-17(20)12-14-7-2-4-8-15(14)18/h2-9H,10-12H2,1H3,(H,19,20). The molecule has 4 heteroatoms. The van der Waals surface area contributed by atoms with E-state index in [0.717, 1.165) is 11.3 Å². The summed E-state index contributed by atoms with van der Waals surface area (Å²) in [5.41, 5.74) is 1.44. The van der Waals surface area contributed by atoms with E-state index in [1.165, 1.54) is 6.07 Å². The topological polar surface area (TPSA) is 38.3 Å². The predicted octanol–water partition coefficient (Wildman–Crippen LogP) is 2.74. The number of nitrogens with one attached hydrogen (secondary N) is 1. The first-order valence-corrected chi connectivity index (χ1v) is 6.82. The number of benzene rings is 2. The average molecular weight is 287 g/mol. The van der Waals surface area contributed by atoms with Crippen molar-refractivity contribution in [3.63, 3.8) is 0 Å². The van der Waals surface area contributed by atoms with Gasteiger partial charge in [-0.1, -0.05) is 36.4 Å². The average Bonchev–Trinajstić information content (AvgIpc) is 2.50. The molecule has 1 N–H and O–H groups in total. The maximum atomic E-state index is 13.4. The zero-order chi connectivity index (χ0) is 15.1. The van der Waals surface area contributed by atoms with E-state index in [-0.39, 0.29) is 18.1 Å². The minimum atomic E-state index is -0.350. The molecule has 0 spiro atoms. The van der Waals surface area contributed by atoms with Crippen LogP contribution >= 0.6 is 0 Å². The second-order valence-electron chi connectivity index (χ2n) is 4.68. The summed E-state index contributed by atoms with van der Waals surface area (Å²) >= 11 is 0. The number of ether oxygens (including phenoxy) is 1. The summed E-state index contributed by atoms with van der Waals surface area (Å²) < 4.78 is 18.7. The molecule has 3 nitrogen and oxygen atoms in total. The quantitative estimate of drug-likeness (QED) is 0.887. The van der Waals surface area contributed by atoms with Gasteiger partial charge >= 0.3 is 0 Å². The molecule has 2 rings (SSSR count). The highest BCUT2D eigenvalue weighted by Gasteiger charge is 2.07. The summed E-state index contributed by atoms with van der Waals surface area (Å²) in [6, 6.07) is 14.0. The van der Waals surface area contributed by atoms with E-state index in [4.69, 9.17) is 4.74 Å². The maximum absolute atomic E-state index is 13.4. The van der Waals surface area contributed by atoms with Gasteiger partial charge in [-0.25, -0.2) is 4.39 Å². The van der Waals surface area contributed by atoms with Crippen LogP contribution in [0.1, 0.15) is 11.1 Å². The lowest BCUT2D eigenvalue weighted by Crippen LogP contribution is -2.27. The minimum Gasteiger partial charge on any atom is -0.496 e. The number of rotatable bonds is 6. The second kappa shape index (κ2) is 7.43. The third-order valence-corrected chi connectivity index (χ3v) is 3.22. The molecule has 0 fully saturated rings. The van der Waals surface area contributed by atoms with Crippen molar-refractivity contribution >= 4 is 5.91 Å². The van der Waals surface area contributed by atoms with Crippen LogP contribution in [-0.4, -0.2) is 19.6 Å². The highest BCUT2D eigenvalue weighted by atomic mass is 19.1. The molecule has 0 aromatic heterocycles. The largest absolute Gasteiger partial charge is 0.496 e. The zero-order valence-corrected chi connectivity index (χ0v) is 11.9. The molecule has 0 heterocycles. The lowest BCUT2D eigenvalue weighted by Gasteiger charge is -2.09. The van der Waals surface area contributed by atoms with E-state index in [1.54, 1.807) is 25.3 Å². The first-order valence-electron chi connectivity index (χ1n) is 6.82. The summed E-state index contributed by atoms with van der Waals surface area (Å²) in [4.78, 5) is 11.8. The predicted molar refractivity (Wildman–Crippen MR) is 79.8 cm³/mol. The van der Waals surface area contributed by atoms with Crippen LogP contribution in [0, 0.1) is 5.82 Å². The van der Waals surface area contributed by atoms with E-state index in [9.17, 15) is 9.18 Å². The van der Waals surface area contributed by atoms with E-state index in [0.29, 0.717) is 18.5 Å². The molecule has 0 radical (unpaired) electrons. The van der Waals surface area contributed by atoms with Crippen molar-refractivity contribution in [2.45, 2.75) is 12.8 Å². The Morgan fingerprint density at radius 2 is 1.76 bits per heavy atom. The number of carbonyl (C=O) groups is 1. The Morgan fingerprint density at radius 3 is 2.48 bits per heavy atom. The number of methoxy groups -OCH3 is 1. The van der Waals surface area contributed by atoms with Gasteiger partial charge < -0.3 is 10.1 Å². The zero-order valence-electron chi connectivity index (χ0n) is 11.9. The van der Waals surface area contributed by atoms with E-state index in [1.807, 2.05) is 24.3 Å². The fourth-order valence-electron chi connectivity index (χ4n) is 2.12. The van der Waals surface area contributed by atoms with Gasteiger partial charge in [0.2, 0.25) is 5.91 Å². The van der Waals surface area contributed by atoms with Crippen LogP contribution in [0.5, 0.6) is 5.75 Å². The van der Waals surface area contributed by atoms with Crippen molar-refractivity contribution in [2.24, 2.45) is 0 Å². The number of para-hydroxylation sites is 1. The Bertz CT molecular complexity index is 613. The maximum Gasteiger partial charge on any atom is 0.224 e. The first-order chi connectivity index (χ1) is 10.2. The van der Waals surface area contributed by atoms with Crippen LogP contribution < -0.4 is 10.1 Å². The lowest BCUT2D eigenvalue weighted by molar-refractivity contribution is -0.120. The molecule has 110 valence electrons. The molecule has 1 amide bonds. The van der Waals surface area contributed by atoms with Crippen molar-refractivity contribution in [1.29, 1.82) is 0 Å². The van der Waals surface area contributed by atoms with E-state index >= 15 is 0 Å². The van der Waals surface area contributed by atoms with Crippen LogP contribution in [0.4, 0.5) is 4.39 Å². The van der Waals surface area contributed by atoms with Crippen molar-refractivity contribution in [3.05, 3.63) is 65.5 Å². The molecule has 0 saturated carbocycles. The minimum absolute atomic E-state index is 0.0542. The molecule has 0 atom stereocenters. The Hall–Kier alpha value is -2.36. The van der Waals surface area contributed by atoms with Crippen LogP contribution in [0.15, 0.2) is 48.5 Å². The normalized spacial score (nSPS) is 10.2. The summed E-state index contributed by atoms with van der Waals surface area (Å²) in [5.74, 6) is 0.272. The molecule has 21 heavy (non-hydrogen) atoms. The Morgan fingerprint density at radius 1 is 1.10 bits per heavy atom. The smallest absolute Gasteiger partial charge is 0.224 e. The number of hydrogen-bond acceptors (Lipinski definition) is 2. The third kappa shape index (κ3) is 4.31. The van der Waals surface area contributed by atoms with E-state index < -0.39 is 0 Å². The van der Waals surface area contributed by atoms with Crippen molar-refractivity contribution in [1.82, 2.24) is 5.32 Å². The summed E-state index contributed by atoms with van der Waals surface area (Å²) in [7, 11) is 1.62. The van der Waals surface area contributed by atoms with Crippen LogP contribution in [0.3, 0.4) is 0 Å². The van der Waals surface area contributed by atoms with Crippen LogP contribution in [0.2, 0.25) is 0 Å². The van der Waals surface area contributed by atoms with Gasteiger partial charge in [0, 0.05) is 6.54 Å². The SMILES string of the molecule is COc1ccccc1CCNC(=O)Cc1ccccc1F. The molecular formula is C17H18FNO2. The molecule has 0 aliphatic carbocycles. The van der Waals surface area contributed by atoms with Gasteiger partial charge in [-0.15, -0.1) is 0 Å². The molecule has 0 aliphatic rings. The third-order valence-electron chi connectivity index (χ3n) is 3.22. The fraction of sp³-hybridized carbons (Fsp3) is 0.235. The lowest BCUT2D eigenvalue weighted by atomic mass is 10.1. The molecule has 0 saturated heterocycles. The number of carbonyl (C=O) groups excluding carboxylic acids is 1. The molecule has 0 aliphatic heterocycles. The highest BCUT2D eigenvalue weighted by Crippen LogP contribution is 2.17. The van der Waals surface area contributed by atoms with Gasteiger partial charge in [-0.05, 0) is 29.7 Å². The van der Waals surface area contributed by atoms with Gasteiger partial charge in [-0.2, -0.15) is 0 Å². The van der Waals surface area contributed by atoms with Gasteiger partial charge in [0.1, 0.15) is 11.6 Å². The number of hydrogen-bond donors (Lipinski definition) is 1. The molecule has 2 aromatic carbocycles. The molecule has 2 aromatic rings. The molecule has 0 unspecified atom stereocenters. The van der Waals surface area contributed by atoms with Gasteiger partial charge in [0.15, 0.2) is 0 Å². The Labute approximate surface area is 123 Å². The van der Waals surface area contributed by atoms with E-state index in [2.05, 4.69) is 5.32 Å². The van der Waals surface area contributed by atoms with Crippen LogP contribution in [0.25, 0.3) is 0 Å². The second-order valence-corrected chi connectivity index (χ2v) is 4.68. The summed E-state index contributed by atoms with van der Waals surface area (Å²) in [6.45, 7) is 0.494. The molecular weight excluding hydrogens is 269 g/mol.